The number of rotatable bonds is 3. The van der Waals surface area contributed by atoms with Crippen LogP contribution in [0.3, 0.4) is 0 Å². The lowest BCUT2D eigenvalue weighted by atomic mass is 9.73. The van der Waals surface area contributed by atoms with E-state index in [2.05, 4.69) is 11.8 Å². The number of carbonyl (C=O) groups is 2. The molecule has 2 heterocycles. The number of fused-ring (bicyclic) bond motifs is 1. The van der Waals surface area contributed by atoms with Crippen molar-refractivity contribution in [2.24, 2.45) is 5.92 Å². The van der Waals surface area contributed by atoms with Gasteiger partial charge in [0.15, 0.2) is 0 Å². The molecule has 1 saturated carbocycles. The highest BCUT2D eigenvalue weighted by atomic mass is 19.1. The fraction of sp³-hybridized carbons (Fsp3) is 0.429. The molecule has 6 heteroatoms. The number of carbonyl (C=O) groups excluding carboxylic acids is 2. The molecule has 2 aromatic carbocycles. The van der Waals surface area contributed by atoms with Gasteiger partial charge in [0.2, 0.25) is 5.91 Å². The van der Waals surface area contributed by atoms with E-state index in [1.807, 2.05) is 24.3 Å². The Labute approximate surface area is 199 Å². The van der Waals surface area contributed by atoms with Crippen LogP contribution in [0.1, 0.15) is 59.5 Å². The predicted octanol–water partition coefficient (Wildman–Crippen LogP) is 3.57. The third-order valence-corrected chi connectivity index (χ3v) is 7.45. The van der Waals surface area contributed by atoms with E-state index in [0.717, 1.165) is 11.1 Å². The number of benzene rings is 2. The second kappa shape index (κ2) is 9.60. The van der Waals surface area contributed by atoms with Gasteiger partial charge >= 0.3 is 0 Å². The first-order chi connectivity index (χ1) is 16.5. The first kappa shape index (κ1) is 22.6. The van der Waals surface area contributed by atoms with Crippen LogP contribution in [0.25, 0.3) is 0 Å². The van der Waals surface area contributed by atoms with Crippen LogP contribution in [0.2, 0.25) is 0 Å². The Bertz CT molecular complexity index is 1110. The molecule has 3 atom stereocenters. The third kappa shape index (κ3) is 4.33. The van der Waals surface area contributed by atoms with Crippen molar-refractivity contribution in [3.05, 3.63) is 71.0 Å². The number of nitrogens with zero attached hydrogens (tertiary/aromatic N) is 2. The number of halogens is 1. The van der Waals surface area contributed by atoms with Crippen LogP contribution >= 0.6 is 0 Å². The normalized spacial score (nSPS) is 24.6. The van der Waals surface area contributed by atoms with Gasteiger partial charge < -0.3 is 14.9 Å². The zero-order valence-electron chi connectivity index (χ0n) is 19.1. The van der Waals surface area contributed by atoms with Crippen LogP contribution < -0.4 is 0 Å². The third-order valence-electron chi connectivity index (χ3n) is 7.45. The number of aliphatic hydroxyl groups is 1. The summed E-state index contributed by atoms with van der Waals surface area (Å²) in [7, 11) is 0. The number of hydrogen-bond acceptors (Lipinski definition) is 3. The molecule has 0 spiro atoms. The molecule has 2 aliphatic heterocycles. The molecule has 2 saturated heterocycles. The topological polar surface area (TPSA) is 60.9 Å². The zero-order chi connectivity index (χ0) is 23.7. The highest BCUT2D eigenvalue weighted by Crippen LogP contribution is 2.43. The van der Waals surface area contributed by atoms with E-state index in [0.29, 0.717) is 18.0 Å². The molecule has 0 radical (unpaired) electrons. The summed E-state index contributed by atoms with van der Waals surface area (Å²) < 4.78 is 13.3. The molecule has 3 aliphatic rings. The first-order valence-electron chi connectivity index (χ1n) is 12.1. The molecule has 0 unspecified atom stereocenters. The van der Waals surface area contributed by atoms with Crippen LogP contribution in [-0.2, 0) is 4.79 Å². The van der Waals surface area contributed by atoms with Crippen molar-refractivity contribution in [2.75, 3.05) is 19.7 Å². The maximum atomic E-state index is 13.3. The summed E-state index contributed by atoms with van der Waals surface area (Å²) in [5.74, 6) is 6.29. The van der Waals surface area contributed by atoms with Crippen LogP contribution in [-0.4, -0.2) is 58.5 Å². The van der Waals surface area contributed by atoms with E-state index in [1.54, 1.807) is 4.90 Å². The summed E-state index contributed by atoms with van der Waals surface area (Å²) in [4.78, 5) is 29.0. The van der Waals surface area contributed by atoms with Gasteiger partial charge in [-0.25, -0.2) is 4.39 Å². The van der Waals surface area contributed by atoms with Crippen LogP contribution in [0.5, 0.6) is 0 Å². The maximum Gasteiger partial charge on any atom is 0.254 e. The Morgan fingerprint density at radius 3 is 2.41 bits per heavy atom. The second-order valence-electron chi connectivity index (χ2n) is 9.56. The molecular weight excluding hydrogens is 431 g/mol. The molecule has 34 heavy (non-hydrogen) atoms. The first-order valence-corrected chi connectivity index (χ1v) is 12.1. The molecule has 176 valence electrons. The van der Waals surface area contributed by atoms with Crippen molar-refractivity contribution >= 4 is 11.8 Å². The summed E-state index contributed by atoms with van der Waals surface area (Å²) in [5, 5.41) is 10.0. The fourth-order valence-electron chi connectivity index (χ4n) is 5.65. The highest BCUT2D eigenvalue weighted by Gasteiger charge is 2.54. The Hall–Kier alpha value is -3.17. The zero-order valence-corrected chi connectivity index (χ0v) is 19.1. The van der Waals surface area contributed by atoms with Gasteiger partial charge in [-0.2, -0.15) is 0 Å². The average Bonchev–Trinajstić information content (AvgIpc) is 2.85. The summed E-state index contributed by atoms with van der Waals surface area (Å²) in [6.45, 7) is 0.222. The standard InChI is InChI=1S/C28H29FN2O3/c29-23-14-12-22(13-15-23)28(34)30-16-24-27(25(18-32)31(24)26(33)17-30)21-10-8-20(9-11-21)7-6-19-4-2-1-3-5-19/h8-15,19,24-25,27,32H,1-5,16-18H2/t24-,25-,27+/m1/s1. The van der Waals surface area contributed by atoms with E-state index in [1.165, 1.54) is 61.3 Å². The number of aliphatic hydroxyl groups excluding tert-OH is 1. The monoisotopic (exact) mass is 460 g/mol. The van der Waals surface area contributed by atoms with Gasteiger partial charge in [-0.05, 0) is 54.8 Å². The number of amides is 2. The van der Waals surface area contributed by atoms with Crippen molar-refractivity contribution < 1.29 is 19.1 Å². The molecule has 3 fully saturated rings. The summed E-state index contributed by atoms with van der Waals surface area (Å²) in [5.41, 5.74) is 2.37. The van der Waals surface area contributed by atoms with E-state index in [4.69, 9.17) is 0 Å². The predicted molar refractivity (Wildman–Crippen MR) is 126 cm³/mol. The van der Waals surface area contributed by atoms with Gasteiger partial charge in [0, 0.05) is 29.5 Å². The summed E-state index contributed by atoms with van der Waals surface area (Å²) in [6.07, 6.45) is 6.21. The quantitative estimate of drug-likeness (QED) is 0.713. The van der Waals surface area contributed by atoms with Gasteiger partial charge in [0.25, 0.3) is 5.91 Å². The molecule has 0 aromatic heterocycles. The van der Waals surface area contributed by atoms with Gasteiger partial charge in [-0.1, -0.05) is 43.2 Å². The number of hydrogen-bond donors (Lipinski definition) is 1. The molecule has 5 nitrogen and oxygen atoms in total. The molecule has 2 aromatic rings. The van der Waals surface area contributed by atoms with Crippen molar-refractivity contribution in [1.29, 1.82) is 0 Å². The van der Waals surface area contributed by atoms with Gasteiger partial charge in [0.05, 0.1) is 18.7 Å². The largest absolute Gasteiger partial charge is 0.394 e. The number of piperazine rings is 1. The van der Waals surface area contributed by atoms with Crippen LogP contribution in [0, 0.1) is 23.6 Å². The van der Waals surface area contributed by atoms with E-state index < -0.39 is 5.82 Å². The Morgan fingerprint density at radius 1 is 1.03 bits per heavy atom. The summed E-state index contributed by atoms with van der Waals surface area (Å²) >= 11 is 0. The van der Waals surface area contributed by atoms with Crippen molar-refractivity contribution in [3.8, 4) is 11.8 Å². The molecule has 0 bridgehead atoms. The molecule has 2 amide bonds. The average molecular weight is 461 g/mol. The lowest BCUT2D eigenvalue weighted by Gasteiger charge is -2.58. The summed E-state index contributed by atoms with van der Waals surface area (Å²) in [6, 6.07) is 13.0. The minimum Gasteiger partial charge on any atom is -0.394 e. The van der Waals surface area contributed by atoms with Crippen molar-refractivity contribution in [1.82, 2.24) is 9.80 Å². The maximum absolute atomic E-state index is 13.3. The lowest BCUT2D eigenvalue weighted by molar-refractivity contribution is -0.159. The highest BCUT2D eigenvalue weighted by molar-refractivity contribution is 5.97. The smallest absolute Gasteiger partial charge is 0.254 e. The van der Waals surface area contributed by atoms with Crippen LogP contribution in [0.4, 0.5) is 4.39 Å². The Morgan fingerprint density at radius 2 is 1.74 bits per heavy atom. The van der Waals surface area contributed by atoms with E-state index >= 15 is 0 Å². The van der Waals surface area contributed by atoms with E-state index in [9.17, 15) is 19.1 Å². The molecule has 1 aliphatic carbocycles. The van der Waals surface area contributed by atoms with Crippen LogP contribution in [0.15, 0.2) is 48.5 Å². The molecule has 5 rings (SSSR count). The van der Waals surface area contributed by atoms with Crippen molar-refractivity contribution in [2.45, 2.75) is 50.1 Å². The van der Waals surface area contributed by atoms with Gasteiger partial charge in [-0.3, -0.25) is 9.59 Å². The molecule has 1 N–H and O–H groups in total. The SMILES string of the molecule is O=C(c1ccc(F)cc1)N1CC(=O)N2[C@H](CO)[C@@H](c3ccc(C#CC4CCCCC4)cc3)[C@H]2C1. The lowest BCUT2D eigenvalue weighted by Crippen LogP contribution is -2.73. The van der Waals surface area contributed by atoms with Crippen molar-refractivity contribution in [3.63, 3.8) is 0 Å². The van der Waals surface area contributed by atoms with E-state index in [-0.39, 0.29) is 43.0 Å². The minimum absolute atomic E-state index is 0.0361. The Balaban J connectivity index is 1.31. The Kier molecular flexibility index (Phi) is 6.38. The van der Waals surface area contributed by atoms with Gasteiger partial charge in [0.1, 0.15) is 12.4 Å². The van der Waals surface area contributed by atoms with Gasteiger partial charge in [-0.15, -0.1) is 0 Å². The fourth-order valence-corrected chi connectivity index (χ4v) is 5.65. The molecular formula is C28H29FN2O3. The minimum atomic E-state index is -0.408. The second-order valence-corrected chi connectivity index (χ2v) is 9.56.